The Labute approximate surface area is 292 Å². The summed E-state index contributed by atoms with van der Waals surface area (Å²) in [6.45, 7) is 0. The molecule has 0 radical (unpaired) electrons. The molecule has 0 N–H and O–H groups in total. The Morgan fingerprint density at radius 3 is 1.36 bits per heavy atom. The molecular weight excluding hydrogens is 605 g/mol. The Balaban J connectivity index is 1.37. The molecule has 0 unspecified atom stereocenters. The lowest BCUT2D eigenvalue weighted by atomic mass is 9.97. The van der Waals surface area contributed by atoms with E-state index in [-0.39, 0.29) is 0 Å². The highest BCUT2D eigenvalue weighted by Gasteiger charge is 2.23. The molecule has 2 heteroatoms. The van der Waals surface area contributed by atoms with Crippen LogP contribution in [0.25, 0.3) is 60.9 Å². The lowest BCUT2D eigenvalue weighted by molar-refractivity contribution is 1.18. The van der Waals surface area contributed by atoms with E-state index < -0.39 is 0 Å². The molecule has 2 nitrogen and oxygen atoms in total. The molecule has 9 rings (SSSR count). The molecule has 0 aliphatic carbocycles. The molecule has 0 spiro atoms. The average Bonchev–Trinajstić information content (AvgIpc) is 3.54. The van der Waals surface area contributed by atoms with Crippen LogP contribution in [0.1, 0.15) is 0 Å². The van der Waals surface area contributed by atoms with E-state index >= 15 is 0 Å². The van der Waals surface area contributed by atoms with E-state index in [4.69, 9.17) is 0 Å². The van der Waals surface area contributed by atoms with Crippen LogP contribution in [0.4, 0.5) is 17.1 Å². The fraction of sp³-hybridized carbons (Fsp3) is 0. The second-order valence-corrected chi connectivity index (χ2v) is 12.5. The normalized spacial score (nSPS) is 11.2. The van der Waals surface area contributed by atoms with Gasteiger partial charge in [-0.15, -0.1) is 0 Å². The van der Waals surface area contributed by atoms with E-state index in [0.717, 1.165) is 22.7 Å². The van der Waals surface area contributed by atoms with E-state index in [1.165, 1.54) is 55.2 Å². The Morgan fingerprint density at radius 1 is 0.340 bits per heavy atom. The third-order valence-electron chi connectivity index (χ3n) is 9.59. The summed E-state index contributed by atoms with van der Waals surface area (Å²) in [4.78, 5) is 2.45. The molecule has 0 saturated carbocycles. The average molecular weight is 639 g/mol. The Bertz CT molecular complexity index is 2490. The van der Waals surface area contributed by atoms with Crippen molar-refractivity contribution >= 4 is 38.9 Å². The molecule has 0 aliphatic heterocycles. The number of hydrogen-bond donors (Lipinski definition) is 0. The van der Waals surface area contributed by atoms with Crippen LogP contribution in [0.2, 0.25) is 0 Å². The summed E-state index contributed by atoms with van der Waals surface area (Å²) in [6.07, 6.45) is 0. The first-order valence-corrected chi connectivity index (χ1v) is 17.1. The highest BCUT2D eigenvalue weighted by atomic mass is 15.1. The highest BCUT2D eigenvalue weighted by molar-refractivity contribution is 6.17. The van der Waals surface area contributed by atoms with E-state index in [0.29, 0.717) is 0 Å². The van der Waals surface area contributed by atoms with Crippen LogP contribution < -0.4 is 4.90 Å². The number of hydrogen-bond acceptors (Lipinski definition) is 1. The number of aromatic nitrogens is 1. The molecule has 8 aromatic carbocycles. The Hall–Kier alpha value is -6.64. The third kappa shape index (κ3) is 5.15. The fourth-order valence-electron chi connectivity index (χ4n) is 7.38. The number of fused-ring (bicyclic) bond motifs is 3. The maximum absolute atomic E-state index is 2.45. The number of anilines is 3. The minimum Gasteiger partial charge on any atom is -0.309 e. The van der Waals surface area contributed by atoms with Gasteiger partial charge in [0.25, 0.3) is 0 Å². The van der Waals surface area contributed by atoms with Gasteiger partial charge in [-0.05, 0) is 70.8 Å². The lowest BCUT2D eigenvalue weighted by Gasteiger charge is -2.30. The zero-order valence-electron chi connectivity index (χ0n) is 27.5. The van der Waals surface area contributed by atoms with Crippen molar-refractivity contribution in [1.29, 1.82) is 0 Å². The Morgan fingerprint density at radius 2 is 0.800 bits per heavy atom. The number of para-hydroxylation sites is 3. The van der Waals surface area contributed by atoms with Crippen molar-refractivity contribution < 1.29 is 0 Å². The maximum Gasteiger partial charge on any atom is 0.0547 e. The summed E-state index contributed by atoms with van der Waals surface area (Å²) in [7, 11) is 0. The van der Waals surface area contributed by atoms with Gasteiger partial charge in [-0.2, -0.15) is 0 Å². The molecule has 0 aliphatic rings. The molecule has 50 heavy (non-hydrogen) atoms. The zero-order chi connectivity index (χ0) is 33.3. The number of nitrogens with zero attached hydrogens (tertiary/aromatic N) is 2. The number of benzene rings is 8. The second kappa shape index (κ2) is 12.8. The molecular formula is C48H34N2. The molecule has 236 valence electrons. The first-order valence-electron chi connectivity index (χ1n) is 17.1. The fourth-order valence-corrected chi connectivity index (χ4v) is 7.38. The van der Waals surface area contributed by atoms with Gasteiger partial charge in [-0.3, -0.25) is 0 Å². The van der Waals surface area contributed by atoms with Gasteiger partial charge in [0.05, 0.1) is 22.4 Å². The molecule has 0 bridgehead atoms. The van der Waals surface area contributed by atoms with Gasteiger partial charge < -0.3 is 9.47 Å². The van der Waals surface area contributed by atoms with Gasteiger partial charge in [-0.25, -0.2) is 0 Å². The van der Waals surface area contributed by atoms with Crippen LogP contribution in [-0.4, -0.2) is 4.57 Å². The van der Waals surface area contributed by atoms with Crippen LogP contribution in [0.3, 0.4) is 0 Å². The largest absolute Gasteiger partial charge is 0.309 e. The van der Waals surface area contributed by atoms with Gasteiger partial charge >= 0.3 is 0 Å². The highest BCUT2D eigenvalue weighted by Crippen LogP contribution is 2.47. The van der Waals surface area contributed by atoms with Crippen LogP contribution in [0.15, 0.2) is 206 Å². The van der Waals surface area contributed by atoms with Crippen molar-refractivity contribution in [3.63, 3.8) is 0 Å². The Kier molecular flexibility index (Phi) is 7.53. The van der Waals surface area contributed by atoms with Crippen molar-refractivity contribution in [2.75, 3.05) is 4.90 Å². The zero-order valence-corrected chi connectivity index (χ0v) is 27.5. The SMILES string of the molecule is c1ccc(-c2ccccc2N(c2ccc3c(c2)c2c(-c4ccccc4)cccc2n3-c2ccccc2)c2ccccc2-c2ccccc2)cc1. The van der Waals surface area contributed by atoms with Crippen LogP contribution >= 0.6 is 0 Å². The van der Waals surface area contributed by atoms with Gasteiger partial charge in [0.1, 0.15) is 0 Å². The smallest absolute Gasteiger partial charge is 0.0547 e. The molecule has 1 heterocycles. The first kappa shape index (κ1) is 29.5. The van der Waals surface area contributed by atoms with E-state index in [1.807, 2.05) is 0 Å². The summed E-state index contributed by atoms with van der Waals surface area (Å²) in [5, 5.41) is 2.45. The molecule has 0 fully saturated rings. The van der Waals surface area contributed by atoms with Crippen LogP contribution in [0.5, 0.6) is 0 Å². The summed E-state index contributed by atoms with van der Waals surface area (Å²) < 4.78 is 2.40. The lowest BCUT2D eigenvalue weighted by Crippen LogP contribution is -2.12. The molecule has 1 aromatic heterocycles. The predicted molar refractivity (Wildman–Crippen MR) is 212 cm³/mol. The quantitative estimate of drug-likeness (QED) is 0.169. The topological polar surface area (TPSA) is 8.17 Å². The van der Waals surface area contributed by atoms with Crippen LogP contribution in [0, 0.1) is 0 Å². The van der Waals surface area contributed by atoms with E-state index in [1.54, 1.807) is 0 Å². The van der Waals surface area contributed by atoms with Gasteiger partial charge in [0.2, 0.25) is 0 Å². The van der Waals surface area contributed by atoms with Crippen LogP contribution in [-0.2, 0) is 0 Å². The summed E-state index contributed by atoms with van der Waals surface area (Å²) in [5.41, 5.74) is 14.0. The molecule has 9 aromatic rings. The second-order valence-electron chi connectivity index (χ2n) is 12.5. The van der Waals surface area contributed by atoms with Crippen molar-refractivity contribution in [2.45, 2.75) is 0 Å². The molecule has 0 amide bonds. The van der Waals surface area contributed by atoms with Crippen molar-refractivity contribution in [3.8, 4) is 39.1 Å². The monoisotopic (exact) mass is 638 g/mol. The third-order valence-corrected chi connectivity index (χ3v) is 9.59. The summed E-state index contributed by atoms with van der Waals surface area (Å²) >= 11 is 0. The standard InChI is InChI=1S/C48H34N2/c1-5-18-35(19-6-1)40-26-13-15-29-44(40)50(45-30-16-14-27-41(45)36-20-7-2-8-21-36)39-32-33-46-43(34-39)48-42(37-22-9-3-10-23-37)28-17-31-47(48)49(46)38-24-11-4-12-25-38/h1-34H. The van der Waals surface area contributed by atoms with E-state index in [9.17, 15) is 0 Å². The van der Waals surface area contributed by atoms with Gasteiger partial charge in [-0.1, -0.05) is 158 Å². The van der Waals surface area contributed by atoms with Crippen molar-refractivity contribution in [3.05, 3.63) is 206 Å². The minimum atomic E-state index is 1.10. The summed E-state index contributed by atoms with van der Waals surface area (Å²) in [6, 6.07) is 74.1. The number of rotatable bonds is 7. The van der Waals surface area contributed by atoms with Crippen molar-refractivity contribution in [2.24, 2.45) is 0 Å². The first-order chi connectivity index (χ1) is 24.8. The van der Waals surface area contributed by atoms with Gasteiger partial charge in [0, 0.05) is 33.3 Å². The van der Waals surface area contributed by atoms with Gasteiger partial charge in [0.15, 0.2) is 0 Å². The van der Waals surface area contributed by atoms with Crippen molar-refractivity contribution in [1.82, 2.24) is 4.57 Å². The predicted octanol–water partition coefficient (Wildman–Crippen LogP) is 13.3. The van der Waals surface area contributed by atoms with E-state index in [2.05, 4.69) is 216 Å². The summed E-state index contributed by atoms with van der Waals surface area (Å²) in [5.74, 6) is 0. The molecule has 0 atom stereocenters. The molecule has 0 saturated heterocycles. The maximum atomic E-state index is 2.45. The minimum absolute atomic E-state index is 1.10.